The summed E-state index contributed by atoms with van der Waals surface area (Å²) < 4.78 is 11.3. The minimum atomic E-state index is 0.907. The van der Waals surface area contributed by atoms with E-state index in [-0.39, 0.29) is 0 Å². The molecule has 0 radical (unpaired) electrons. The highest BCUT2D eigenvalue weighted by Gasteiger charge is 2.18. The van der Waals surface area contributed by atoms with Gasteiger partial charge < -0.3 is 13.6 Å². The highest BCUT2D eigenvalue weighted by atomic mass is 16.3. The molecule has 0 N–H and O–H groups in total. The molecule has 0 saturated heterocycles. The minimum absolute atomic E-state index is 0.907. The molecule has 0 spiro atoms. The fraction of sp³-hybridized carbons (Fsp3) is 0.143. The number of hydrogen-bond donors (Lipinski definition) is 0. The van der Waals surface area contributed by atoms with Gasteiger partial charge in [-0.05, 0) is 156 Å². The van der Waals surface area contributed by atoms with Gasteiger partial charge in [0.2, 0.25) is 0 Å². The maximum atomic E-state index is 6.48. The molecular formula is C56H46N2O. The lowest BCUT2D eigenvalue weighted by Crippen LogP contribution is -1.93. The van der Waals surface area contributed by atoms with Crippen LogP contribution in [0.5, 0.6) is 0 Å². The van der Waals surface area contributed by atoms with Gasteiger partial charge in [-0.3, -0.25) is 0 Å². The standard InChI is InChI=1S/C56H46N2O/c1-3-5-13-37-19-25-51-45(31-37)47-33-39(21-27-53(47)57(51)43-15-9-7-10-16-43)41-23-29-55-49(35-41)50-36-42(24-30-56(50)59-55)40-22-28-54-48(34-40)46-32-38(14-6-4-2)20-26-52(46)58(54)44-17-11-8-12-18-44/h7-12,15-36H,3-6,13-14H2,1-2H3. The number of hydrogen-bond acceptors (Lipinski definition) is 1. The van der Waals surface area contributed by atoms with Crippen molar-refractivity contribution >= 4 is 65.6 Å². The monoisotopic (exact) mass is 762 g/mol. The smallest absolute Gasteiger partial charge is 0.135 e. The fourth-order valence-corrected chi connectivity index (χ4v) is 9.42. The Morgan fingerprint density at radius 2 is 0.712 bits per heavy atom. The third kappa shape index (κ3) is 6.03. The first kappa shape index (κ1) is 35.3. The molecule has 0 amide bonds. The van der Waals surface area contributed by atoms with Gasteiger partial charge in [0, 0.05) is 43.7 Å². The lowest BCUT2D eigenvalue weighted by Gasteiger charge is -2.08. The first-order valence-electron chi connectivity index (χ1n) is 21.4. The second kappa shape index (κ2) is 14.5. The predicted octanol–water partition coefficient (Wildman–Crippen LogP) is 15.8. The van der Waals surface area contributed by atoms with E-state index >= 15 is 0 Å². The van der Waals surface area contributed by atoms with Crippen LogP contribution in [0.25, 0.3) is 99.2 Å². The fourth-order valence-electron chi connectivity index (χ4n) is 9.42. The highest BCUT2D eigenvalue weighted by Crippen LogP contribution is 2.40. The Balaban J connectivity index is 1.03. The lowest BCUT2D eigenvalue weighted by atomic mass is 9.98. The van der Waals surface area contributed by atoms with Crippen LogP contribution in [0.4, 0.5) is 0 Å². The van der Waals surface area contributed by atoms with E-state index < -0.39 is 0 Å². The number of nitrogens with zero attached hydrogens (tertiary/aromatic N) is 2. The summed E-state index contributed by atoms with van der Waals surface area (Å²) in [7, 11) is 0. The van der Waals surface area contributed by atoms with Gasteiger partial charge in [0.25, 0.3) is 0 Å². The summed E-state index contributed by atoms with van der Waals surface area (Å²) >= 11 is 0. The van der Waals surface area contributed by atoms with Crippen LogP contribution < -0.4 is 0 Å². The van der Waals surface area contributed by atoms with Crippen molar-refractivity contribution in [2.75, 3.05) is 0 Å². The van der Waals surface area contributed by atoms with Crippen LogP contribution in [-0.4, -0.2) is 9.13 Å². The number of furan rings is 1. The maximum Gasteiger partial charge on any atom is 0.135 e. The molecule has 0 aliphatic rings. The third-order valence-corrected chi connectivity index (χ3v) is 12.5. The quantitative estimate of drug-likeness (QED) is 0.136. The van der Waals surface area contributed by atoms with Gasteiger partial charge in [-0.1, -0.05) is 99.5 Å². The molecule has 286 valence electrons. The Kier molecular flexibility index (Phi) is 8.69. The molecule has 3 heterocycles. The van der Waals surface area contributed by atoms with Gasteiger partial charge in [-0.25, -0.2) is 0 Å². The molecular weight excluding hydrogens is 717 g/mol. The van der Waals surface area contributed by atoms with Crippen LogP contribution in [0, 0.1) is 0 Å². The van der Waals surface area contributed by atoms with E-state index in [1.807, 2.05) is 0 Å². The molecule has 0 aliphatic carbocycles. The van der Waals surface area contributed by atoms with E-state index in [1.54, 1.807) is 0 Å². The Hall–Kier alpha value is -6.84. The van der Waals surface area contributed by atoms with Crippen LogP contribution in [0.3, 0.4) is 0 Å². The van der Waals surface area contributed by atoms with Crippen LogP contribution in [0.1, 0.15) is 50.7 Å². The second-order valence-electron chi connectivity index (χ2n) is 16.2. The first-order valence-corrected chi connectivity index (χ1v) is 21.4. The van der Waals surface area contributed by atoms with Gasteiger partial charge in [-0.15, -0.1) is 0 Å². The Morgan fingerprint density at radius 1 is 0.356 bits per heavy atom. The van der Waals surface area contributed by atoms with E-state index in [0.29, 0.717) is 0 Å². The minimum Gasteiger partial charge on any atom is -0.456 e. The summed E-state index contributed by atoms with van der Waals surface area (Å²) in [6, 6.07) is 62.9. The normalized spacial score (nSPS) is 12.0. The molecule has 0 fully saturated rings. The SMILES string of the molecule is CCCCc1ccc2c(c1)c1cc(-c3ccc4oc5ccc(-c6ccc7c(c6)c6cc(CCCC)ccc6n7-c6ccccc6)cc5c4c3)ccc1n2-c1ccccc1. The number of fused-ring (bicyclic) bond motifs is 9. The van der Waals surface area contributed by atoms with Crippen LogP contribution in [-0.2, 0) is 12.8 Å². The Bertz CT molecular complexity index is 3120. The van der Waals surface area contributed by atoms with E-state index in [4.69, 9.17) is 4.42 Å². The number of rotatable bonds is 10. The topological polar surface area (TPSA) is 23.0 Å². The van der Waals surface area contributed by atoms with Crippen molar-refractivity contribution < 1.29 is 4.42 Å². The predicted molar refractivity (Wildman–Crippen MR) is 250 cm³/mol. The first-order chi connectivity index (χ1) is 29.1. The largest absolute Gasteiger partial charge is 0.456 e. The van der Waals surface area contributed by atoms with Gasteiger partial charge >= 0.3 is 0 Å². The van der Waals surface area contributed by atoms with Gasteiger partial charge in [0.1, 0.15) is 11.2 Å². The highest BCUT2D eigenvalue weighted by molar-refractivity contribution is 6.13. The zero-order chi connectivity index (χ0) is 39.5. The zero-order valence-corrected chi connectivity index (χ0v) is 33.7. The molecule has 11 rings (SSSR count). The molecule has 0 aliphatic heterocycles. The van der Waals surface area contributed by atoms with E-state index in [2.05, 4.69) is 193 Å². The van der Waals surface area contributed by atoms with Gasteiger partial charge in [-0.2, -0.15) is 0 Å². The molecule has 3 nitrogen and oxygen atoms in total. The lowest BCUT2D eigenvalue weighted by molar-refractivity contribution is 0.669. The molecule has 3 heteroatoms. The Morgan fingerprint density at radius 3 is 1.12 bits per heavy atom. The molecule has 8 aromatic carbocycles. The maximum absolute atomic E-state index is 6.48. The molecule has 0 bridgehead atoms. The summed E-state index contributed by atoms with van der Waals surface area (Å²) in [5.74, 6) is 0. The van der Waals surface area contributed by atoms with Crippen molar-refractivity contribution in [1.82, 2.24) is 9.13 Å². The van der Waals surface area contributed by atoms with Crippen LogP contribution in [0.15, 0.2) is 174 Å². The van der Waals surface area contributed by atoms with E-state index in [1.165, 1.54) is 114 Å². The summed E-state index contributed by atoms with van der Waals surface area (Å²) in [4.78, 5) is 0. The van der Waals surface area contributed by atoms with Crippen molar-refractivity contribution in [2.45, 2.75) is 52.4 Å². The van der Waals surface area contributed by atoms with Crippen LogP contribution >= 0.6 is 0 Å². The van der Waals surface area contributed by atoms with E-state index in [0.717, 1.165) is 34.8 Å². The summed E-state index contributed by atoms with van der Waals surface area (Å²) in [5, 5.41) is 7.44. The molecule has 0 saturated carbocycles. The van der Waals surface area contributed by atoms with Crippen molar-refractivity contribution in [3.8, 4) is 33.6 Å². The Labute approximate surface area is 344 Å². The van der Waals surface area contributed by atoms with Crippen LogP contribution in [0.2, 0.25) is 0 Å². The molecule has 3 aromatic heterocycles. The average Bonchev–Trinajstić information content (AvgIpc) is 3.94. The zero-order valence-electron chi connectivity index (χ0n) is 33.7. The molecule has 59 heavy (non-hydrogen) atoms. The average molecular weight is 763 g/mol. The third-order valence-electron chi connectivity index (χ3n) is 12.5. The van der Waals surface area contributed by atoms with Crippen molar-refractivity contribution in [2.24, 2.45) is 0 Å². The van der Waals surface area contributed by atoms with E-state index in [9.17, 15) is 0 Å². The number of para-hydroxylation sites is 2. The summed E-state index contributed by atoms with van der Waals surface area (Å²) in [6.45, 7) is 4.53. The number of aryl methyl sites for hydroxylation is 2. The van der Waals surface area contributed by atoms with Crippen molar-refractivity contribution in [3.05, 3.63) is 181 Å². The second-order valence-corrected chi connectivity index (χ2v) is 16.2. The summed E-state index contributed by atoms with van der Waals surface area (Å²) in [5.41, 5.74) is 16.7. The molecule has 11 aromatic rings. The van der Waals surface area contributed by atoms with Gasteiger partial charge in [0.15, 0.2) is 0 Å². The van der Waals surface area contributed by atoms with Crippen molar-refractivity contribution in [3.63, 3.8) is 0 Å². The number of benzene rings is 8. The number of unbranched alkanes of at least 4 members (excludes halogenated alkanes) is 2. The number of aromatic nitrogens is 2. The molecule has 0 unspecified atom stereocenters. The van der Waals surface area contributed by atoms with Gasteiger partial charge in [0.05, 0.1) is 22.1 Å². The molecule has 0 atom stereocenters. The van der Waals surface area contributed by atoms with Crippen molar-refractivity contribution in [1.29, 1.82) is 0 Å². The summed E-state index contributed by atoms with van der Waals surface area (Å²) in [6.07, 6.45) is 6.97.